The van der Waals surface area contributed by atoms with Crippen LogP contribution in [0.25, 0.3) is 0 Å². The summed E-state index contributed by atoms with van der Waals surface area (Å²) in [4.78, 5) is 19.5. The summed E-state index contributed by atoms with van der Waals surface area (Å²) >= 11 is 0. The Morgan fingerprint density at radius 2 is 2.29 bits per heavy atom. The fourth-order valence-electron chi connectivity index (χ4n) is 2.40. The number of ether oxygens (including phenoxy) is 1. The Morgan fingerprint density at radius 3 is 3.14 bits per heavy atom. The third-order valence-corrected chi connectivity index (χ3v) is 3.43. The van der Waals surface area contributed by atoms with Crippen LogP contribution in [0.1, 0.15) is 21.7 Å². The molecule has 6 heteroatoms. The Hall–Kier alpha value is -2.47. The van der Waals surface area contributed by atoms with Gasteiger partial charge in [-0.05, 0) is 36.2 Å². The molecule has 0 amide bonds. The van der Waals surface area contributed by atoms with Gasteiger partial charge in [0, 0.05) is 18.4 Å². The molecule has 0 spiro atoms. The second-order valence-corrected chi connectivity index (χ2v) is 4.75. The van der Waals surface area contributed by atoms with Gasteiger partial charge in [-0.15, -0.1) is 0 Å². The van der Waals surface area contributed by atoms with Crippen LogP contribution in [0, 0.1) is 0 Å². The summed E-state index contributed by atoms with van der Waals surface area (Å²) < 4.78 is 4.63. The van der Waals surface area contributed by atoms with E-state index in [4.69, 9.17) is 0 Å². The highest BCUT2D eigenvalue weighted by Crippen LogP contribution is 2.25. The topological polar surface area (TPSA) is 76.1 Å². The lowest BCUT2D eigenvalue weighted by atomic mass is 9.99. The molecule has 21 heavy (non-hydrogen) atoms. The fraction of sp³-hybridized carbons (Fsp3) is 0.267. The number of hydrogen-bond acceptors (Lipinski definition) is 6. The fourth-order valence-corrected chi connectivity index (χ4v) is 2.40. The van der Waals surface area contributed by atoms with Crippen LogP contribution in [0.3, 0.4) is 0 Å². The minimum Gasteiger partial charge on any atom is -0.463 e. The smallest absolute Gasteiger partial charge is 0.376 e. The third-order valence-electron chi connectivity index (χ3n) is 3.43. The molecule has 0 fully saturated rings. The average molecular weight is 284 g/mol. The van der Waals surface area contributed by atoms with Gasteiger partial charge in [0.15, 0.2) is 0 Å². The first-order valence-corrected chi connectivity index (χ1v) is 6.78. The van der Waals surface area contributed by atoms with Crippen molar-refractivity contribution in [1.29, 1.82) is 0 Å². The number of methoxy groups -OCH3 is 1. The molecule has 0 bridgehead atoms. The zero-order chi connectivity index (χ0) is 14.7. The molecule has 0 atom stereocenters. The van der Waals surface area contributed by atoms with Gasteiger partial charge < -0.3 is 15.4 Å². The van der Waals surface area contributed by atoms with E-state index in [1.807, 2.05) is 12.1 Å². The molecule has 0 unspecified atom stereocenters. The number of nitrogens with one attached hydrogen (secondary N) is 2. The van der Waals surface area contributed by atoms with E-state index < -0.39 is 5.97 Å². The van der Waals surface area contributed by atoms with E-state index in [-0.39, 0.29) is 5.82 Å². The first-order valence-electron chi connectivity index (χ1n) is 6.78. The molecule has 0 saturated carbocycles. The summed E-state index contributed by atoms with van der Waals surface area (Å²) in [6.07, 6.45) is 2.51. The number of carbonyl (C=O) groups excluding carboxylic acids is 1. The zero-order valence-electron chi connectivity index (χ0n) is 11.7. The first kappa shape index (κ1) is 13.5. The molecule has 1 aliphatic heterocycles. The molecule has 2 heterocycles. The molecule has 1 aromatic carbocycles. The Morgan fingerprint density at radius 1 is 1.38 bits per heavy atom. The van der Waals surface area contributed by atoms with Gasteiger partial charge >= 0.3 is 5.97 Å². The maximum Gasteiger partial charge on any atom is 0.376 e. The van der Waals surface area contributed by atoms with E-state index in [0.717, 1.165) is 25.2 Å². The molecule has 1 aliphatic rings. The Balaban J connectivity index is 1.89. The van der Waals surface area contributed by atoms with Gasteiger partial charge in [0.2, 0.25) is 5.82 Å². The van der Waals surface area contributed by atoms with Crippen molar-refractivity contribution in [1.82, 2.24) is 15.3 Å². The highest BCUT2D eigenvalue weighted by molar-refractivity contribution is 5.85. The SMILES string of the molecule is COC(=O)c1nccc(Nc2cccc3c2CCNC3)n1. The van der Waals surface area contributed by atoms with E-state index in [1.54, 1.807) is 12.3 Å². The largest absolute Gasteiger partial charge is 0.463 e. The van der Waals surface area contributed by atoms with E-state index in [0.29, 0.717) is 5.82 Å². The summed E-state index contributed by atoms with van der Waals surface area (Å²) in [6, 6.07) is 7.88. The lowest BCUT2D eigenvalue weighted by molar-refractivity contribution is 0.0587. The average Bonchev–Trinajstić information content (AvgIpc) is 2.55. The summed E-state index contributed by atoms with van der Waals surface area (Å²) in [6.45, 7) is 1.84. The Bertz CT molecular complexity index is 672. The molecule has 0 saturated heterocycles. The van der Waals surface area contributed by atoms with E-state index in [2.05, 4.69) is 31.4 Å². The van der Waals surface area contributed by atoms with Crippen molar-refractivity contribution in [3.05, 3.63) is 47.4 Å². The minimum atomic E-state index is -0.544. The maximum absolute atomic E-state index is 11.5. The number of nitrogens with zero attached hydrogens (tertiary/aromatic N) is 2. The minimum absolute atomic E-state index is 0.0500. The molecular formula is C15H16N4O2. The van der Waals surface area contributed by atoms with E-state index in [9.17, 15) is 4.79 Å². The number of anilines is 2. The third kappa shape index (κ3) is 2.85. The lowest BCUT2D eigenvalue weighted by Gasteiger charge is -2.20. The van der Waals surface area contributed by atoms with Crippen molar-refractivity contribution in [2.75, 3.05) is 19.0 Å². The van der Waals surface area contributed by atoms with Crippen molar-refractivity contribution in [3.8, 4) is 0 Å². The number of aromatic nitrogens is 2. The van der Waals surface area contributed by atoms with Gasteiger partial charge in [0.1, 0.15) is 5.82 Å². The summed E-state index contributed by atoms with van der Waals surface area (Å²) in [7, 11) is 1.31. The number of carbonyl (C=O) groups is 1. The maximum atomic E-state index is 11.5. The summed E-state index contributed by atoms with van der Waals surface area (Å²) in [5.74, 6) is 0.0873. The second kappa shape index (κ2) is 5.88. The molecule has 0 radical (unpaired) electrons. The predicted molar refractivity (Wildman–Crippen MR) is 78.5 cm³/mol. The van der Waals surface area contributed by atoms with Crippen LogP contribution in [0.15, 0.2) is 30.5 Å². The van der Waals surface area contributed by atoms with Crippen molar-refractivity contribution in [2.24, 2.45) is 0 Å². The van der Waals surface area contributed by atoms with Crippen LogP contribution >= 0.6 is 0 Å². The van der Waals surface area contributed by atoms with Crippen LogP contribution in [-0.4, -0.2) is 29.6 Å². The highest BCUT2D eigenvalue weighted by atomic mass is 16.5. The van der Waals surface area contributed by atoms with Gasteiger partial charge in [-0.3, -0.25) is 0 Å². The van der Waals surface area contributed by atoms with Gasteiger partial charge in [-0.1, -0.05) is 12.1 Å². The normalized spacial score (nSPS) is 13.4. The molecule has 108 valence electrons. The number of rotatable bonds is 3. The summed E-state index contributed by atoms with van der Waals surface area (Å²) in [5.41, 5.74) is 3.59. The number of hydrogen-bond donors (Lipinski definition) is 2. The number of esters is 1. The van der Waals surface area contributed by atoms with E-state index >= 15 is 0 Å². The predicted octanol–water partition coefficient (Wildman–Crippen LogP) is 1.65. The van der Waals surface area contributed by atoms with Crippen molar-refractivity contribution in [3.63, 3.8) is 0 Å². The molecule has 2 N–H and O–H groups in total. The quantitative estimate of drug-likeness (QED) is 0.835. The molecule has 3 rings (SSSR count). The monoisotopic (exact) mass is 284 g/mol. The molecular weight excluding hydrogens is 268 g/mol. The van der Waals surface area contributed by atoms with Crippen LogP contribution in [0.2, 0.25) is 0 Å². The van der Waals surface area contributed by atoms with Crippen LogP contribution in [-0.2, 0) is 17.7 Å². The van der Waals surface area contributed by atoms with Gasteiger partial charge in [-0.2, -0.15) is 0 Å². The number of fused-ring (bicyclic) bond motifs is 1. The molecule has 0 aliphatic carbocycles. The van der Waals surface area contributed by atoms with Crippen LogP contribution in [0.5, 0.6) is 0 Å². The lowest BCUT2D eigenvalue weighted by Crippen LogP contribution is -2.24. The molecule has 1 aromatic heterocycles. The van der Waals surface area contributed by atoms with Crippen LogP contribution in [0.4, 0.5) is 11.5 Å². The first-order chi connectivity index (χ1) is 10.3. The Labute approximate surface area is 122 Å². The molecule has 6 nitrogen and oxygen atoms in total. The van der Waals surface area contributed by atoms with Crippen molar-refractivity contribution >= 4 is 17.5 Å². The van der Waals surface area contributed by atoms with Crippen molar-refractivity contribution < 1.29 is 9.53 Å². The number of benzene rings is 1. The van der Waals surface area contributed by atoms with Crippen LogP contribution < -0.4 is 10.6 Å². The zero-order valence-corrected chi connectivity index (χ0v) is 11.7. The highest BCUT2D eigenvalue weighted by Gasteiger charge is 2.14. The molecule has 2 aromatic rings. The second-order valence-electron chi connectivity index (χ2n) is 4.75. The standard InChI is InChI=1S/C15H16N4O2/c1-21-15(20)14-17-8-6-13(19-14)18-12-4-2-3-10-9-16-7-5-11(10)12/h2-4,6,8,16H,5,7,9H2,1H3,(H,17,18,19). The van der Waals surface area contributed by atoms with Gasteiger partial charge in [0.25, 0.3) is 0 Å². The summed E-state index contributed by atoms with van der Waals surface area (Å²) in [5, 5.41) is 6.61. The van der Waals surface area contributed by atoms with Crippen molar-refractivity contribution in [2.45, 2.75) is 13.0 Å². The van der Waals surface area contributed by atoms with E-state index in [1.165, 1.54) is 18.2 Å². The Kier molecular flexibility index (Phi) is 3.79. The van der Waals surface area contributed by atoms with Gasteiger partial charge in [-0.25, -0.2) is 14.8 Å². The van der Waals surface area contributed by atoms with Gasteiger partial charge in [0.05, 0.1) is 7.11 Å².